The van der Waals surface area contributed by atoms with Crippen molar-refractivity contribution in [3.8, 4) is 0 Å². The summed E-state index contributed by atoms with van der Waals surface area (Å²) in [6.07, 6.45) is -0.279. The van der Waals surface area contributed by atoms with Crippen LogP contribution in [0.1, 0.15) is 37.1 Å². The molecule has 190 valence electrons. The second kappa shape index (κ2) is 8.47. The van der Waals surface area contributed by atoms with E-state index in [1.165, 1.54) is 11.1 Å². The zero-order valence-corrected chi connectivity index (χ0v) is 21.1. The zero-order chi connectivity index (χ0) is 25.3. The lowest BCUT2D eigenvalue weighted by molar-refractivity contribution is -0.199. The number of rotatable bonds is 4. The molecule has 0 bridgehead atoms. The van der Waals surface area contributed by atoms with Crippen LogP contribution in [0.4, 0.5) is 11.5 Å². The van der Waals surface area contributed by atoms with Gasteiger partial charge in [-0.15, -0.1) is 0 Å². The van der Waals surface area contributed by atoms with Crippen molar-refractivity contribution in [1.29, 1.82) is 0 Å². The maximum atomic E-state index is 9.92. The number of anilines is 2. The summed E-state index contributed by atoms with van der Waals surface area (Å²) in [7, 11) is 0. The summed E-state index contributed by atoms with van der Waals surface area (Å²) in [6.45, 7) is 4.22. The van der Waals surface area contributed by atoms with E-state index in [0.717, 1.165) is 5.69 Å². The van der Waals surface area contributed by atoms with Gasteiger partial charge in [-0.1, -0.05) is 48.5 Å². The highest BCUT2D eigenvalue weighted by atomic mass is 35.5. The Kier molecular flexibility index (Phi) is 5.28. The van der Waals surface area contributed by atoms with Crippen molar-refractivity contribution in [3.05, 3.63) is 77.3 Å². The van der Waals surface area contributed by atoms with Gasteiger partial charge in [-0.2, -0.15) is 9.97 Å². The van der Waals surface area contributed by atoms with Crippen molar-refractivity contribution in [2.45, 2.75) is 50.1 Å². The van der Waals surface area contributed by atoms with Crippen LogP contribution in [0.2, 0.25) is 5.28 Å². The highest BCUT2D eigenvalue weighted by molar-refractivity contribution is 6.28. The normalized spacial score (nSPS) is 28.1. The maximum absolute atomic E-state index is 9.92. The van der Waals surface area contributed by atoms with Crippen molar-refractivity contribution in [2.24, 2.45) is 0 Å². The first kappa shape index (κ1) is 23.1. The topological polar surface area (TPSA) is 94.8 Å². The molecule has 1 N–H and O–H groups in total. The van der Waals surface area contributed by atoms with E-state index in [1.54, 1.807) is 10.9 Å². The fraction of sp³-hybridized carbons (Fsp3) is 0.370. The molecule has 0 spiro atoms. The Hall–Kier alpha value is -3.08. The number of hydrogen-bond acceptors (Lipinski definition) is 8. The molecule has 5 heterocycles. The molecule has 2 aromatic carbocycles. The Morgan fingerprint density at radius 3 is 2.59 bits per heavy atom. The van der Waals surface area contributed by atoms with E-state index < -0.39 is 30.3 Å². The predicted octanol–water partition coefficient (Wildman–Crippen LogP) is 4.17. The first-order valence-corrected chi connectivity index (χ1v) is 12.7. The molecule has 3 aliphatic heterocycles. The molecule has 37 heavy (non-hydrogen) atoms. The van der Waals surface area contributed by atoms with Gasteiger partial charge in [0.25, 0.3) is 0 Å². The number of hydrogen-bond donors (Lipinski definition) is 1. The fourth-order valence-corrected chi connectivity index (χ4v) is 6.02. The van der Waals surface area contributed by atoms with E-state index in [-0.39, 0.29) is 17.8 Å². The first-order chi connectivity index (χ1) is 17.9. The number of halogens is 1. The molecule has 0 amide bonds. The van der Waals surface area contributed by atoms with E-state index in [2.05, 4.69) is 57.3 Å². The van der Waals surface area contributed by atoms with E-state index in [4.69, 9.17) is 30.8 Å². The van der Waals surface area contributed by atoms with Crippen LogP contribution in [0.15, 0.2) is 60.9 Å². The molecule has 9 nitrogen and oxygen atoms in total. The summed E-state index contributed by atoms with van der Waals surface area (Å²) in [5, 5.41) is 10.0. The van der Waals surface area contributed by atoms with Crippen LogP contribution in [0.3, 0.4) is 0 Å². The van der Waals surface area contributed by atoms with Crippen LogP contribution < -0.4 is 4.90 Å². The largest absolute Gasteiger partial charge is 0.394 e. The van der Waals surface area contributed by atoms with Crippen molar-refractivity contribution >= 4 is 34.3 Å². The van der Waals surface area contributed by atoms with Gasteiger partial charge in [0, 0.05) is 18.2 Å². The lowest BCUT2D eigenvalue weighted by Gasteiger charge is -2.24. The average molecular weight is 520 g/mol. The molecule has 2 fully saturated rings. The molecule has 0 aliphatic carbocycles. The van der Waals surface area contributed by atoms with Crippen molar-refractivity contribution in [1.82, 2.24) is 19.5 Å². The van der Waals surface area contributed by atoms with Crippen LogP contribution in [0.5, 0.6) is 0 Å². The number of ether oxygens (including phenoxy) is 3. The SMILES string of the molecule is CC1(C)OC2C(CO)OC(n3cnc4c(N5CC(c6ccccc6)c6ccccc65)nc(Cl)nc43)C2O1. The minimum absolute atomic E-state index is 0.113. The number of aliphatic hydroxyl groups is 1. The van der Waals surface area contributed by atoms with Gasteiger partial charge in [-0.25, -0.2) is 4.98 Å². The van der Waals surface area contributed by atoms with Crippen LogP contribution in [0, 0.1) is 0 Å². The summed E-state index contributed by atoms with van der Waals surface area (Å²) in [4.78, 5) is 16.1. The van der Waals surface area contributed by atoms with Gasteiger partial charge in [-0.05, 0) is 42.6 Å². The molecule has 0 saturated carbocycles. The minimum atomic E-state index is -0.787. The van der Waals surface area contributed by atoms with Crippen LogP contribution >= 0.6 is 11.6 Å². The number of benzene rings is 2. The van der Waals surface area contributed by atoms with E-state index in [9.17, 15) is 5.11 Å². The Morgan fingerprint density at radius 1 is 1.03 bits per heavy atom. The quantitative estimate of drug-likeness (QED) is 0.401. The highest BCUT2D eigenvalue weighted by Crippen LogP contribution is 2.46. The number of nitrogens with zero attached hydrogens (tertiary/aromatic N) is 5. The van der Waals surface area contributed by atoms with Gasteiger partial charge in [0.1, 0.15) is 18.3 Å². The predicted molar refractivity (Wildman–Crippen MR) is 137 cm³/mol. The summed E-state index contributed by atoms with van der Waals surface area (Å²) < 4.78 is 20.2. The third-order valence-corrected chi connectivity index (χ3v) is 7.55. The van der Waals surface area contributed by atoms with E-state index in [0.29, 0.717) is 23.5 Å². The van der Waals surface area contributed by atoms with Gasteiger partial charge < -0.3 is 24.2 Å². The number of fused-ring (bicyclic) bond motifs is 3. The third-order valence-electron chi connectivity index (χ3n) is 7.38. The molecule has 5 atom stereocenters. The Labute approximate surface area is 218 Å². The van der Waals surface area contributed by atoms with Crippen molar-refractivity contribution < 1.29 is 19.3 Å². The molecule has 4 aromatic rings. The number of para-hydroxylation sites is 1. The van der Waals surface area contributed by atoms with Crippen LogP contribution in [-0.2, 0) is 14.2 Å². The van der Waals surface area contributed by atoms with Gasteiger partial charge in [-0.3, -0.25) is 4.57 Å². The number of aliphatic hydroxyl groups excluding tert-OH is 1. The Bertz CT molecular complexity index is 1480. The number of imidazole rings is 1. The molecule has 2 aromatic heterocycles. The molecule has 2 saturated heterocycles. The lowest BCUT2D eigenvalue weighted by Crippen LogP contribution is -2.31. The monoisotopic (exact) mass is 519 g/mol. The summed E-state index contributed by atoms with van der Waals surface area (Å²) >= 11 is 6.50. The third kappa shape index (κ3) is 3.65. The van der Waals surface area contributed by atoms with Crippen LogP contribution in [-0.4, -0.2) is 61.9 Å². The van der Waals surface area contributed by atoms with Gasteiger partial charge >= 0.3 is 0 Å². The molecular weight excluding hydrogens is 494 g/mol. The standard InChI is InChI=1S/C27H26ClN5O4/c1-27(2)36-21-19(13-34)35-25(22(21)37-27)33-14-29-20-23(30-26(28)31-24(20)33)32-12-17(15-8-4-3-5-9-15)16-10-6-7-11-18(16)32/h3-11,14,17,19,21-22,25,34H,12-13H2,1-2H3. The van der Waals surface area contributed by atoms with Gasteiger partial charge in [0.15, 0.2) is 29.0 Å². The average Bonchev–Trinajstić information content (AvgIpc) is 3.64. The Morgan fingerprint density at radius 2 is 1.78 bits per heavy atom. The van der Waals surface area contributed by atoms with Gasteiger partial charge in [0.2, 0.25) is 5.28 Å². The van der Waals surface area contributed by atoms with Crippen molar-refractivity contribution in [3.63, 3.8) is 0 Å². The first-order valence-electron chi connectivity index (χ1n) is 12.4. The van der Waals surface area contributed by atoms with E-state index >= 15 is 0 Å². The smallest absolute Gasteiger partial charge is 0.226 e. The molecular formula is C27H26ClN5O4. The molecule has 10 heteroatoms. The Balaban J connectivity index is 1.32. The highest BCUT2D eigenvalue weighted by Gasteiger charge is 2.56. The van der Waals surface area contributed by atoms with Crippen molar-refractivity contribution in [2.75, 3.05) is 18.1 Å². The lowest BCUT2D eigenvalue weighted by atomic mass is 9.93. The summed E-state index contributed by atoms with van der Waals surface area (Å²) in [5.41, 5.74) is 4.67. The maximum Gasteiger partial charge on any atom is 0.226 e. The molecule has 0 radical (unpaired) electrons. The molecule has 3 aliphatic rings. The fourth-order valence-electron chi connectivity index (χ4n) is 5.86. The second-order valence-corrected chi connectivity index (χ2v) is 10.4. The number of aromatic nitrogens is 4. The van der Waals surface area contributed by atoms with E-state index in [1.807, 2.05) is 26.0 Å². The van der Waals surface area contributed by atoms with Crippen LogP contribution in [0.25, 0.3) is 11.2 Å². The molecule has 7 rings (SSSR count). The second-order valence-electron chi connectivity index (χ2n) is 10.1. The molecule has 5 unspecified atom stereocenters. The summed E-state index contributed by atoms with van der Waals surface area (Å²) in [5.74, 6) is 0.0283. The summed E-state index contributed by atoms with van der Waals surface area (Å²) in [6, 6.07) is 18.8. The zero-order valence-electron chi connectivity index (χ0n) is 20.4. The van der Waals surface area contributed by atoms with Gasteiger partial charge in [0.05, 0.1) is 12.9 Å². The minimum Gasteiger partial charge on any atom is -0.394 e.